The molecule has 5 rings (SSSR count). The van der Waals surface area contributed by atoms with Gasteiger partial charge in [-0.25, -0.2) is 4.68 Å². The van der Waals surface area contributed by atoms with E-state index in [1.54, 1.807) is 6.20 Å². The first-order chi connectivity index (χ1) is 18.1. The van der Waals surface area contributed by atoms with Gasteiger partial charge in [-0.2, -0.15) is 5.10 Å². The minimum absolute atomic E-state index is 0.0261. The molecular weight excluding hydrogens is 526 g/mol. The fraction of sp³-hybridized carbons (Fsp3) is 0.267. The van der Waals surface area contributed by atoms with Crippen LogP contribution in [0.5, 0.6) is 0 Å². The molecule has 37 heavy (non-hydrogen) atoms. The zero-order chi connectivity index (χ0) is 25.6. The van der Waals surface area contributed by atoms with Crippen LogP contribution in [0.2, 0.25) is 0 Å². The summed E-state index contributed by atoms with van der Waals surface area (Å²) in [6.07, 6.45) is 4.69. The maximum atomic E-state index is 14.0. The van der Waals surface area contributed by atoms with E-state index < -0.39 is 0 Å². The molecule has 0 unspecified atom stereocenters. The monoisotopic (exact) mass is 557 g/mol. The molecule has 1 amide bonds. The van der Waals surface area contributed by atoms with Crippen LogP contribution in [0.1, 0.15) is 33.5 Å². The van der Waals surface area contributed by atoms with Crippen molar-refractivity contribution in [2.45, 2.75) is 26.4 Å². The Morgan fingerprint density at radius 1 is 1.00 bits per heavy atom. The molecule has 0 aliphatic carbocycles. The standard InChI is InChI=1S/C30H32BrN5O/c1-23-9-10-25(20-29(23)36-16-6-14-33-36)30(37)35-18-17-34(21-24-7-3-2-4-8-24)15-5-13-32-28-12-11-27(31)19-26(28)22-35/h2-4,6-12,14,16,19-20,32H,5,13,15,17-18,21-22H2,1H3. The van der Waals surface area contributed by atoms with Crippen LogP contribution in [-0.4, -0.2) is 51.7 Å². The molecule has 0 atom stereocenters. The third-order valence-electron chi connectivity index (χ3n) is 6.82. The van der Waals surface area contributed by atoms with E-state index >= 15 is 0 Å². The van der Waals surface area contributed by atoms with E-state index in [1.165, 1.54) is 5.56 Å². The van der Waals surface area contributed by atoms with Crippen molar-refractivity contribution in [3.8, 4) is 5.69 Å². The van der Waals surface area contributed by atoms with Crippen molar-refractivity contribution in [1.82, 2.24) is 19.6 Å². The normalized spacial score (nSPS) is 14.9. The Morgan fingerprint density at radius 3 is 2.68 bits per heavy atom. The van der Waals surface area contributed by atoms with Gasteiger partial charge in [-0.3, -0.25) is 9.69 Å². The van der Waals surface area contributed by atoms with Crippen LogP contribution in [0.4, 0.5) is 5.69 Å². The average Bonchev–Trinajstić information content (AvgIpc) is 3.43. The first-order valence-corrected chi connectivity index (χ1v) is 13.5. The summed E-state index contributed by atoms with van der Waals surface area (Å²) in [5, 5.41) is 7.99. The lowest BCUT2D eigenvalue weighted by molar-refractivity contribution is 0.0720. The third-order valence-corrected chi connectivity index (χ3v) is 7.32. The molecule has 1 N–H and O–H groups in total. The first kappa shape index (κ1) is 25.2. The van der Waals surface area contributed by atoms with Crippen molar-refractivity contribution >= 4 is 27.5 Å². The van der Waals surface area contributed by atoms with E-state index in [0.29, 0.717) is 18.7 Å². The highest BCUT2D eigenvalue weighted by molar-refractivity contribution is 9.10. The van der Waals surface area contributed by atoms with Gasteiger partial charge in [-0.1, -0.05) is 52.3 Å². The number of fused-ring (bicyclic) bond motifs is 1. The summed E-state index contributed by atoms with van der Waals surface area (Å²) in [4.78, 5) is 18.4. The van der Waals surface area contributed by atoms with Gasteiger partial charge < -0.3 is 10.2 Å². The van der Waals surface area contributed by atoms with E-state index in [4.69, 9.17) is 0 Å². The minimum atomic E-state index is 0.0261. The molecule has 0 fully saturated rings. The maximum absolute atomic E-state index is 14.0. The van der Waals surface area contributed by atoms with Crippen LogP contribution in [0.3, 0.4) is 0 Å². The summed E-state index contributed by atoms with van der Waals surface area (Å²) in [5.74, 6) is 0.0261. The Kier molecular flexibility index (Phi) is 8.02. The van der Waals surface area contributed by atoms with E-state index in [0.717, 1.165) is 59.6 Å². The molecule has 0 saturated heterocycles. The van der Waals surface area contributed by atoms with E-state index in [9.17, 15) is 4.79 Å². The van der Waals surface area contributed by atoms with Gasteiger partial charge in [-0.05, 0) is 66.4 Å². The predicted octanol–water partition coefficient (Wildman–Crippen LogP) is 5.90. The molecular formula is C30H32BrN5O. The topological polar surface area (TPSA) is 53.4 Å². The molecule has 7 heteroatoms. The van der Waals surface area contributed by atoms with Crippen molar-refractivity contribution in [1.29, 1.82) is 0 Å². The number of hydrogen-bond acceptors (Lipinski definition) is 4. The highest BCUT2D eigenvalue weighted by Gasteiger charge is 2.21. The average molecular weight is 559 g/mol. The molecule has 0 radical (unpaired) electrons. The van der Waals surface area contributed by atoms with Gasteiger partial charge in [0.1, 0.15) is 0 Å². The van der Waals surface area contributed by atoms with Gasteiger partial charge in [0.2, 0.25) is 0 Å². The van der Waals surface area contributed by atoms with Crippen LogP contribution in [0.25, 0.3) is 5.69 Å². The quantitative estimate of drug-likeness (QED) is 0.339. The van der Waals surface area contributed by atoms with Gasteiger partial charge >= 0.3 is 0 Å². The van der Waals surface area contributed by atoms with Crippen molar-refractivity contribution < 1.29 is 4.79 Å². The lowest BCUT2D eigenvalue weighted by Gasteiger charge is -2.28. The molecule has 190 valence electrons. The molecule has 1 aromatic heterocycles. The number of carbonyl (C=O) groups is 1. The Balaban J connectivity index is 1.45. The number of amides is 1. The number of hydrogen-bond donors (Lipinski definition) is 1. The SMILES string of the molecule is Cc1ccc(C(=O)N2CCN(Cc3ccccc3)CCCNc3ccc(Br)cc3C2)cc1-n1cccn1. The predicted molar refractivity (Wildman–Crippen MR) is 152 cm³/mol. The molecule has 0 spiro atoms. The van der Waals surface area contributed by atoms with Crippen LogP contribution in [0.15, 0.2) is 89.7 Å². The van der Waals surface area contributed by atoms with Gasteiger partial charge in [0, 0.05) is 67.4 Å². The van der Waals surface area contributed by atoms with Crippen molar-refractivity contribution in [3.63, 3.8) is 0 Å². The largest absolute Gasteiger partial charge is 0.385 e. The molecule has 0 saturated carbocycles. The summed E-state index contributed by atoms with van der Waals surface area (Å²) in [6, 6.07) is 24.6. The summed E-state index contributed by atoms with van der Waals surface area (Å²) in [6.45, 7) is 6.74. The smallest absolute Gasteiger partial charge is 0.254 e. The van der Waals surface area contributed by atoms with Crippen LogP contribution < -0.4 is 5.32 Å². The second-order valence-electron chi connectivity index (χ2n) is 9.52. The molecule has 1 aliphatic rings. The molecule has 4 aromatic rings. The first-order valence-electron chi connectivity index (χ1n) is 12.8. The Labute approximate surface area is 227 Å². The number of carbonyl (C=O) groups excluding carboxylic acids is 1. The van der Waals surface area contributed by atoms with Gasteiger partial charge in [0.25, 0.3) is 5.91 Å². The molecule has 2 heterocycles. The van der Waals surface area contributed by atoms with Crippen molar-refractivity contribution in [2.24, 2.45) is 0 Å². The molecule has 6 nitrogen and oxygen atoms in total. The number of aryl methyl sites for hydroxylation is 1. The fourth-order valence-corrected chi connectivity index (χ4v) is 5.21. The van der Waals surface area contributed by atoms with Crippen molar-refractivity contribution in [2.75, 3.05) is 31.5 Å². The maximum Gasteiger partial charge on any atom is 0.254 e. The Morgan fingerprint density at radius 2 is 1.86 bits per heavy atom. The number of rotatable bonds is 4. The highest BCUT2D eigenvalue weighted by Crippen LogP contribution is 2.25. The van der Waals surface area contributed by atoms with Crippen molar-refractivity contribution in [3.05, 3.63) is 112 Å². The van der Waals surface area contributed by atoms with E-state index in [2.05, 4.69) is 79.8 Å². The lowest BCUT2D eigenvalue weighted by Crippen LogP contribution is -2.38. The number of nitrogens with one attached hydrogen (secondary N) is 1. The summed E-state index contributed by atoms with van der Waals surface area (Å²) in [5.41, 5.74) is 6.15. The zero-order valence-electron chi connectivity index (χ0n) is 21.1. The minimum Gasteiger partial charge on any atom is -0.385 e. The third kappa shape index (κ3) is 6.29. The molecule has 1 aliphatic heterocycles. The van der Waals surface area contributed by atoms with Crippen LogP contribution in [0, 0.1) is 6.92 Å². The number of benzene rings is 3. The van der Waals surface area contributed by atoms with Gasteiger partial charge in [0.15, 0.2) is 0 Å². The van der Waals surface area contributed by atoms with E-state index in [1.807, 2.05) is 47.0 Å². The Hall–Kier alpha value is -3.42. The molecule has 3 aromatic carbocycles. The second kappa shape index (κ2) is 11.8. The van der Waals surface area contributed by atoms with Gasteiger partial charge in [-0.15, -0.1) is 0 Å². The Bertz CT molecular complexity index is 1340. The number of aromatic nitrogens is 2. The van der Waals surface area contributed by atoms with E-state index in [-0.39, 0.29) is 5.91 Å². The van der Waals surface area contributed by atoms with Gasteiger partial charge in [0.05, 0.1) is 5.69 Å². The summed E-state index contributed by atoms with van der Waals surface area (Å²) >= 11 is 3.62. The number of halogens is 1. The summed E-state index contributed by atoms with van der Waals surface area (Å²) in [7, 11) is 0. The second-order valence-corrected chi connectivity index (χ2v) is 10.4. The highest BCUT2D eigenvalue weighted by atomic mass is 79.9. The number of nitrogens with zero attached hydrogens (tertiary/aromatic N) is 4. The van der Waals surface area contributed by atoms with Crippen LogP contribution in [-0.2, 0) is 13.1 Å². The summed E-state index contributed by atoms with van der Waals surface area (Å²) < 4.78 is 2.83. The number of anilines is 1. The zero-order valence-corrected chi connectivity index (χ0v) is 22.7. The molecule has 0 bridgehead atoms. The lowest BCUT2D eigenvalue weighted by atomic mass is 10.1. The fourth-order valence-electron chi connectivity index (χ4n) is 4.81. The van der Waals surface area contributed by atoms with Crippen LogP contribution >= 0.6 is 15.9 Å².